The zero-order valence-corrected chi connectivity index (χ0v) is 14.2. The molecule has 0 aliphatic heterocycles. The van der Waals surface area contributed by atoms with Gasteiger partial charge in [-0.2, -0.15) is 0 Å². The highest BCUT2D eigenvalue weighted by Crippen LogP contribution is 2.32. The Hall–Kier alpha value is -2.95. The summed E-state index contributed by atoms with van der Waals surface area (Å²) in [7, 11) is 3.21. The van der Waals surface area contributed by atoms with E-state index in [2.05, 4.69) is 36.3 Å². The number of aromatic nitrogens is 1. The van der Waals surface area contributed by atoms with Crippen LogP contribution in [0, 0.1) is 13.8 Å². The summed E-state index contributed by atoms with van der Waals surface area (Å²) < 4.78 is 16.3. The van der Waals surface area contributed by atoms with Gasteiger partial charge in [0.1, 0.15) is 0 Å². The maximum absolute atomic E-state index is 5.80. The molecule has 124 valence electrons. The van der Waals surface area contributed by atoms with Gasteiger partial charge in [-0.1, -0.05) is 12.1 Å². The van der Waals surface area contributed by atoms with Crippen molar-refractivity contribution in [1.29, 1.82) is 0 Å². The van der Waals surface area contributed by atoms with Crippen molar-refractivity contribution in [3.63, 3.8) is 0 Å². The second-order valence-electron chi connectivity index (χ2n) is 5.52. The van der Waals surface area contributed by atoms with Crippen molar-refractivity contribution >= 4 is 11.7 Å². The van der Waals surface area contributed by atoms with E-state index in [9.17, 15) is 0 Å². The molecule has 0 aliphatic carbocycles. The van der Waals surface area contributed by atoms with Crippen molar-refractivity contribution in [3.05, 3.63) is 53.7 Å². The van der Waals surface area contributed by atoms with E-state index < -0.39 is 0 Å². The van der Waals surface area contributed by atoms with E-state index in [1.54, 1.807) is 20.4 Å². The molecular formula is C19H20N2O3. The van der Waals surface area contributed by atoms with Gasteiger partial charge in [0, 0.05) is 17.3 Å². The van der Waals surface area contributed by atoms with Crippen LogP contribution in [0.2, 0.25) is 0 Å². The topological polar surface area (TPSA) is 56.5 Å². The number of benzene rings is 2. The lowest BCUT2D eigenvalue weighted by atomic mass is 10.1. The second kappa shape index (κ2) is 6.66. The van der Waals surface area contributed by atoms with Crippen LogP contribution in [-0.4, -0.2) is 19.2 Å². The van der Waals surface area contributed by atoms with E-state index in [1.807, 2.05) is 24.3 Å². The average molecular weight is 324 g/mol. The van der Waals surface area contributed by atoms with Gasteiger partial charge in [-0.15, -0.1) is 0 Å². The van der Waals surface area contributed by atoms with Crippen molar-refractivity contribution in [3.8, 4) is 22.8 Å². The molecule has 1 aromatic heterocycles. The van der Waals surface area contributed by atoms with Crippen LogP contribution in [0.1, 0.15) is 11.1 Å². The van der Waals surface area contributed by atoms with E-state index in [0.29, 0.717) is 17.5 Å². The molecule has 0 fully saturated rings. The molecular weight excluding hydrogens is 304 g/mol. The molecule has 1 N–H and O–H groups in total. The summed E-state index contributed by atoms with van der Waals surface area (Å²) in [4.78, 5) is 4.29. The number of methoxy groups -OCH3 is 2. The van der Waals surface area contributed by atoms with Gasteiger partial charge in [0.05, 0.1) is 20.4 Å². The molecule has 0 saturated heterocycles. The van der Waals surface area contributed by atoms with Crippen molar-refractivity contribution < 1.29 is 13.9 Å². The third-order valence-corrected chi connectivity index (χ3v) is 3.93. The zero-order chi connectivity index (χ0) is 17.1. The Morgan fingerprint density at radius 2 is 1.71 bits per heavy atom. The summed E-state index contributed by atoms with van der Waals surface area (Å²) in [5, 5.41) is 3.13. The van der Waals surface area contributed by atoms with Gasteiger partial charge in [0.15, 0.2) is 17.3 Å². The monoisotopic (exact) mass is 324 g/mol. The largest absolute Gasteiger partial charge is 0.493 e. The minimum Gasteiger partial charge on any atom is -0.493 e. The van der Waals surface area contributed by atoms with Crippen LogP contribution >= 0.6 is 0 Å². The maximum Gasteiger partial charge on any atom is 0.299 e. The van der Waals surface area contributed by atoms with Crippen LogP contribution in [-0.2, 0) is 0 Å². The molecule has 0 spiro atoms. The molecule has 5 heteroatoms. The summed E-state index contributed by atoms with van der Waals surface area (Å²) >= 11 is 0. The first-order chi connectivity index (χ1) is 11.6. The number of aryl methyl sites for hydroxylation is 2. The van der Waals surface area contributed by atoms with Crippen LogP contribution in [0.4, 0.5) is 11.7 Å². The molecule has 1 heterocycles. The smallest absolute Gasteiger partial charge is 0.299 e. The van der Waals surface area contributed by atoms with Crippen LogP contribution < -0.4 is 14.8 Å². The van der Waals surface area contributed by atoms with Gasteiger partial charge in [0.2, 0.25) is 0 Å². The minimum absolute atomic E-state index is 0.426. The van der Waals surface area contributed by atoms with Crippen molar-refractivity contribution in [2.45, 2.75) is 13.8 Å². The van der Waals surface area contributed by atoms with Crippen LogP contribution in [0.5, 0.6) is 11.5 Å². The summed E-state index contributed by atoms with van der Waals surface area (Å²) in [6.07, 6.45) is 1.72. The Balaban J connectivity index is 1.82. The lowest BCUT2D eigenvalue weighted by Gasteiger charge is -2.09. The van der Waals surface area contributed by atoms with E-state index >= 15 is 0 Å². The molecule has 0 radical (unpaired) electrons. The van der Waals surface area contributed by atoms with Gasteiger partial charge in [-0.05, 0) is 43.2 Å². The Morgan fingerprint density at radius 1 is 0.917 bits per heavy atom. The average Bonchev–Trinajstić information content (AvgIpc) is 3.05. The number of rotatable bonds is 5. The number of oxazole rings is 1. The number of anilines is 2. The molecule has 0 saturated carbocycles. The molecule has 0 amide bonds. The molecule has 24 heavy (non-hydrogen) atoms. The highest BCUT2D eigenvalue weighted by atomic mass is 16.5. The molecule has 0 unspecified atom stereocenters. The predicted molar refractivity (Wildman–Crippen MR) is 94.2 cm³/mol. The third-order valence-electron chi connectivity index (χ3n) is 3.93. The summed E-state index contributed by atoms with van der Waals surface area (Å²) in [6, 6.07) is 12.2. The van der Waals surface area contributed by atoms with E-state index in [4.69, 9.17) is 13.9 Å². The molecule has 3 aromatic rings. The number of nitrogens with zero attached hydrogens (tertiary/aromatic N) is 1. The highest BCUT2D eigenvalue weighted by molar-refractivity contribution is 5.63. The third kappa shape index (κ3) is 3.20. The van der Waals surface area contributed by atoms with E-state index in [1.165, 1.54) is 11.1 Å². The first-order valence-electron chi connectivity index (χ1n) is 7.63. The Kier molecular flexibility index (Phi) is 4.42. The van der Waals surface area contributed by atoms with Gasteiger partial charge >= 0.3 is 0 Å². The van der Waals surface area contributed by atoms with Crippen molar-refractivity contribution in [2.75, 3.05) is 19.5 Å². The van der Waals surface area contributed by atoms with Crippen LogP contribution in [0.3, 0.4) is 0 Å². The Labute approximate surface area is 141 Å². The fourth-order valence-electron chi connectivity index (χ4n) is 2.40. The highest BCUT2D eigenvalue weighted by Gasteiger charge is 2.09. The van der Waals surface area contributed by atoms with Crippen LogP contribution in [0.15, 0.2) is 47.0 Å². The lowest BCUT2D eigenvalue weighted by Crippen LogP contribution is -1.94. The number of hydrogen-bond acceptors (Lipinski definition) is 5. The van der Waals surface area contributed by atoms with Crippen molar-refractivity contribution in [1.82, 2.24) is 4.98 Å². The summed E-state index contributed by atoms with van der Waals surface area (Å²) in [5.41, 5.74) is 4.28. The number of ether oxygens (including phenoxy) is 2. The quantitative estimate of drug-likeness (QED) is 0.736. The van der Waals surface area contributed by atoms with Crippen LogP contribution in [0.25, 0.3) is 11.3 Å². The number of nitrogens with one attached hydrogen (secondary N) is 1. The molecule has 0 aliphatic rings. The number of hydrogen-bond donors (Lipinski definition) is 1. The Bertz CT molecular complexity index is 856. The molecule has 0 atom stereocenters. The SMILES string of the molecule is COc1ccc(Nc2ncc(-c3ccc(C)c(C)c3)o2)cc1OC. The normalized spacial score (nSPS) is 10.5. The molecule has 5 nitrogen and oxygen atoms in total. The first-order valence-corrected chi connectivity index (χ1v) is 7.63. The van der Waals surface area contributed by atoms with Crippen molar-refractivity contribution in [2.24, 2.45) is 0 Å². The minimum atomic E-state index is 0.426. The zero-order valence-electron chi connectivity index (χ0n) is 14.2. The maximum atomic E-state index is 5.80. The predicted octanol–water partition coefficient (Wildman–Crippen LogP) is 4.72. The molecule has 3 rings (SSSR count). The first kappa shape index (κ1) is 15.9. The fraction of sp³-hybridized carbons (Fsp3) is 0.211. The fourth-order valence-corrected chi connectivity index (χ4v) is 2.40. The standard InChI is InChI=1S/C19H20N2O3/c1-12-5-6-14(9-13(12)2)18-11-20-19(24-18)21-15-7-8-16(22-3)17(10-15)23-4/h5-11H,1-4H3,(H,20,21). The van der Waals surface area contributed by atoms with Gasteiger partial charge in [-0.25, -0.2) is 4.98 Å². The summed E-state index contributed by atoms with van der Waals surface area (Å²) in [6.45, 7) is 4.17. The summed E-state index contributed by atoms with van der Waals surface area (Å²) in [5.74, 6) is 2.04. The van der Waals surface area contributed by atoms with Gasteiger partial charge < -0.3 is 19.2 Å². The van der Waals surface area contributed by atoms with E-state index in [0.717, 1.165) is 17.0 Å². The van der Waals surface area contributed by atoms with E-state index in [-0.39, 0.29) is 0 Å². The second-order valence-corrected chi connectivity index (χ2v) is 5.52. The lowest BCUT2D eigenvalue weighted by molar-refractivity contribution is 0.355. The van der Waals surface area contributed by atoms with Gasteiger partial charge in [-0.3, -0.25) is 0 Å². The van der Waals surface area contributed by atoms with Gasteiger partial charge in [0.25, 0.3) is 6.01 Å². The molecule has 0 bridgehead atoms. The Morgan fingerprint density at radius 3 is 2.42 bits per heavy atom. The molecule has 2 aromatic carbocycles.